The Morgan fingerprint density at radius 2 is 1.88 bits per heavy atom. The van der Waals surface area contributed by atoms with Crippen molar-refractivity contribution < 1.29 is 19.1 Å². The lowest BCUT2D eigenvalue weighted by atomic mass is 10.6. The molecule has 0 aromatic carbocycles. The van der Waals surface area contributed by atoms with Crippen molar-refractivity contribution in [2.75, 3.05) is 40.0 Å². The molecule has 0 aromatic rings. The maximum absolute atomic E-state index is 10.8. The minimum absolute atomic E-state index is 0.0622. The Hall–Kier alpha value is -1.14. The maximum atomic E-state index is 10.8. The van der Waals surface area contributed by atoms with Crippen LogP contribution in [-0.4, -0.2) is 52.3 Å². The Morgan fingerprint density at radius 1 is 1.25 bits per heavy atom. The van der Waals surface area contributed by atoms with Crippen LogP contribution in [0.2, 0.25) is 0 Å². The van der Waals surface area contributed by atoms with E-state index in [4.69, 9.17) is 4.74 Å². The first kappa shape index (κ1) is 17.3. The largest absolute Gasteiger partial charge is 0.378 e. The number of nitrogens with one attached hydrogen (secondary N) is 2. The lowest BCUT2D eigenvalue weighted by Gasteiger charge is -2.05. The molecule has 16 heavy (non-hydrogen) atoms. The van der Waals surface area contributed by atoms with Crippen molar-refractivity contribution in [1.82, 2.24) is 10.6 Å². The fourth-order valence-electron chi connectivity index (χ4n) is 0.737. The van der Waals surface area contributed by atoms with Gasteiger partial charge in [0.2, 0.25) is 12.3 Å². The Balaban J connectivity index is 0. The molecule has 0 heterocycles. The molecule has 0 aliphatic rings. The maximum Gasteiger partial charge on any atom is 0.246 e. The standard InChI is InChI=1S/C8H16N2O4.C2H6/c1-13-6-8(12)10-3-5-14-4-2-9-7-11;1-2/h7H,2-6H2,1H3,(H,9,11)(H,10,12);1-2H3. The fourth-order valence-corrected chi connectivity index (χ4v) is 0.737. The van der Waals surface area contributed by atoms with Crippen LogP contribution in [0.3, 0.4) is 0 Å². The molecule has 0 aliphatic carbocycles. The molecular formula is C10H22N2O4. The van der Waals surface area contributed by atoms with E-state index in [1.807, 2.05) is 13.8 Å². The van der Waals surface area contributed by atoms with Crippen molar-refractivity contribution >= 4 is 12.3 Å². The second-order valence-corrected chi connectivity index (χ2v) is 2.47. The van der Waals surface area contributed by atoms with Crippen molar-refractivity contribution in [2.45, 2.75) is 13.8 Å². The van der Waals surface area contributed by atoms with Gasteiger partial charge in [0.25, 0.3) is 0 Å². The van der Waals surface area contributed by atoms with E-state index in [1.54, 1.807) is 0 Å². The van der Waals surface area contributed by atoms with Gasteiger partial charge < -0.3 is 20.1 Å². The Morgan fingerprint density at radius 3 is 2.44 bits per heavy atom. The zero-order valence-electron chi connectivity index (χ0n) is 10.2. The molecule has 96 valence electrons. The molecule has 0 aliphatic heterocycles. The number of carbonyl (C=O) groups is 2. The van der Waals surface area contributed by atoms with E-state index in [-0.39, 0.29) is 12.5 Å². The van der Waals surface area contributed by atoms with Crippen molar-refractivity contribution in [3.05, 3.63) is 0 Å². The molecule has 6 heteroatoms. The second kappa shape index (κ2) is 16.3. The van der Waals surface area contributed by atoms with Crippen LogP contribution in [0.15, 0.2) is 0 Å². The van der Waals surface area contributed by atoms with Gasteiger partial charge in [-0.1, -0.05) is 13.8 Å². The molecule has 0 saturated heterocycles. The highest BCUT2D eigenvalue weighted by Crippen LogP contribution is 1.73. The minimum atomic E-state index is -0.165. The zero-order chi connectivity index (χ0) is 12.6. The van der Waals surface area contributed by atoms with E-state index in [0.29, 0.717) is 32.7 Å². The van der Waals surface area contributed by atoms with Gasteiger partial charge in [-0.2, -0.15) is 0 Å². The number of carbonyl (C=O) groups excluding carboxylic acids is 2. The van der Waals surface area contributed by atoms with Gasteiger partial charge in [0.05, 0.1) is 13.2 Å². The predicted molar refractivity (Wildman–Crippen MR) is 61.1 cm³/mol. The van der Waals surface area contributed by atoms with E-state index in [0.717, 1.165) is 0 Å². The third-order valence-corrected chi connectivity index (χ3v) is 1.32. The van der Waals surface area contributed by atoms with E-state index in [1.165, 1.54) is 7.11 Å². The lowest BCUT2D eigenvalue weighted by molar-refractivity contribution is -0.124. The summed E-state index contributed by atoms with van der Waals surface area (Å²) < 4.78 is 9.70. The molecule has 2 N–H and O–H groups in total. The van der Waals surface area contributed by atoms with Crippen LogP contribution >= 0.6 is 0 Å². The number of hydrogen-bond donors (Lipinski definition) is 2. The highest BCUT2D eigenvalue weighted by Gasteiger charge is 1.97. The normalized spacial score (nSPS) is 8.69. The molecule has 0 aromatic heterocycles. The van der Waals surface area contributed by atoms with Crippen LogP contribution in [0.1, 0.15) is 13.8 Å². The monoisotopic (exact) mass is 234 g/mol. The molecule has 0 spiro atoms. The Bertz CT molecular complexity index is 165. The number of rotatable bonds is 9. The van der Waals surface area contributed by atoms with Crippen LogP contribution in [0, 0.1) is 0 Å². The van der Waals surface area contributed by atoms with Crippen LogP contribution < -0.4 is 10.6 Å². The SMILES string of the molecule is CC.COCC(=O)NCCOCCNC=O. The first-order valence-corrected chi connectivity index (χ1v) is 5.31. The average molecular weight is 234 g/mol. The summed E-state index contributed by atoms with van der Waals surface area (Å²) >= 11 is 0. The number of hydrogen-bond acceptors (Lipinski definition) is 4. The Labute approximate surface area is 96.7 Å². The molecule has 0 radical (unpaired) electrons. The average Bonchev–Trinajstić information content (AvgIpc) is 2.31. The molecule has 2 amide bonds. The molecular weight excluding hydrogens is 212 g/mol. The number of amides is 2. The van der Waals surface area contributed by atoms with Gasteiger partial charge in [-0.15, -0.1) is 0 Å². The van der Waals surface area contributed by atoms with E-state index < -0.39 is 0 Å². The van der Waals surface area contributed by atoms with E-state index in [2.05, 4.69) is 15.4 Å². The summed E-state index contributed by atoms with van der Waals surface area (Å²) in [5, 5.41) is 5.05. The molecule has 0 unspecified atom stereocenters. The smallest absolute Gasteiger partial charge is 0.246 e. The summed E-state index contributed by atoms with van der Waals surface area (Å²) in [5.41, 5.74) is 0. The van der Waals surface area contributed by atoms with E-state index >= 15 is 0 Å². The minimum Gasteiger partial charge on any atom is -0.378 e. The van der Waals surface area contributed by atoms with Gasteiger partial charge in [0, 0.05) is 20.2 Å². The molecule has 0 rings (SSSR count). The zero-order valence-corrected chi connectivity index (χ0v) is 10.2. The molecule has 0 fully saturated rings. The van der Waals surface area contributed by atoms with Gasteiger partial charge in [-0.3, -0.25) is 9.59 Å². The third kappa shape index (κ3) is 15.3. The van der Waals surface area contributed by atoms with Crippen molar-refractivity contribution in [3.8, 4) is 0 Å². The summed E-state index contributed by atoms with van der Waals surface area (Å²) in [7, 11) is 1.46. The lowest BCUT2D eigenvalue weighted by Crippen LogP contribution is -2.30. The van der Waals surface area contributed by atoms with Gasteiger partial charge >= 0.3 is 0 Å². The first-order chi connectivity index (χ1) is 7.81. The summed E-state index contributed by atoms with van der Waals surface area (Å²) in [4.78, 5) is 20.6. The van der Waals surface area contributed by atoms with Crippen molar-refractivity contribution in [1.29, 1.82) is 0 Å². The van der Waals surface area contributed by atoms with Crippen LogP contribution in [0.25, 0.3) is 0 Å². The van der Waals surface area contributed by atoms with Crippen LogP contribution in [0.4, 0.5) is 0 Å². The predicted octanol–water partition coefficient (Wildman–Crippen LogP) is -0.462. The molecule has 0 saturated carbocycles. The van der Waals surface area contributed by atoms with Crippen LogP contribution in [0.5, 0.6) is 0 Å². The summed E-state index contributed by atoms with van der Waals surface area (Å²) in [6.07, 6.45) is 0.615. The molecule has 6 nitrogen and oxygen atoms in total. The molecule has 0 atom stereocenters. The van der Waals surface area contributed by atoms with E-state index in [9.17, 15) is 9.59 Å². The quantitative estimate of drug-likeness (QED) is 0.418. The first-order valence-electron chi connectivity index (χ1n) is 5.31. The van der Waals surface area contributed by atoms with Gasteiger partial charge in [0.1, 0.15) is 6.61 Å². The fraction of sp³-hybridized carbons (Fsp3) is 0.800. The van der Waals surface area contributed by atoms with Crippen LogP contribution in [-0.2, 0) is 19.1 Å². The summed E-state index contributed by atoms with van der Waals surface area (Å²) in [5.74, 6) is -0.165. The highest BCUT2D eigenvalue weighted by molar-refractivity contribution is 5.77. The van der Waals surface area contributed by atoms with Crippen molar-refractivity contribution in [3.63, 3.8) is 0 Å². The summed E-state index contributed by atoms with van der Waals surface area (Å²) in [6, 6.07) is 0. The van der Waals surface area contributed by atoms with Gasteiger partial charge in [-0.05, 0) is 0 Å². The van der Waals surface area contributed by atoms with Gasteiger partial charge in [-0.25, -0.2) is 0 Å². The third-order valence-electron chi connectivity index (χ3n) is 1.32. The van der Waals surface area contributed by atoms with Crippen molar-refractivity contribution in [2.24, 2.45) is 0 Å². The molecule has 0 bridgehead atoms. The highest BCUT2D eigenvalue weighted by atomic mass is 16.5. The second-order valence-electron chi connectivity index (χ2n) is 2.47. The number of methoxy groups -OCH3 is 1. The summed E-state index contributed by atoms with van der Waals surface area (Å²) in [6.45, 7) is 5.86. The Kier molecular flexibility index (Phi) is 17.6. The number of ether oxygens (including phenoxy) is 2. The van der Waals surface area contributed by atoms with Gasteiger partial charge in [0.15, 0.2) is 0 Å². The topological polar surface area (TPSA) is 76.7 Å².